The van der Waals surface area contributed by atoms with Crippen molar-refractivity contribution in [2.75, 3.05) is 6.61 Å². The molecule has 0 heterocycles. The number of hydrogen-bond acceptors (Lipinski definition) is 4. The largest absolute Gasteiger partial charge is 0.465 e. The number of ether oxygens (including phenoxy) is 2. The second-order valence-corrected chi connectivity index (χ2v) is 5.45. The molecule has 19 heavy (non-hydrogen) atoms. The number of carbonyl (C=O) groups excluding carboxylic acids is 1. The summed E-state index contributed by atoms with van der Waals surface area (Å²) < 4.78 is 10.5. The maximum Gasteiger partial charge on any atom is 0.405 e. The molecule has 0 aromatic heterocycles. The maximum atomic E-state index is 11.4. The second-order valence-electron chi connectivity index (χ2n) is 5.45. The fraction of sp³-hybridized carbons (Fsp3) is 0.692. The Morgan fingerprint density at radius 2 is 2.00 bits per heavy atom. The Morgan fingerprint density at radius 1 is 1.32 bits per heavy atom. The number of nitrogens with one attached hydrogen (secondary N) is 1. The van der Waals surface area contributed by atoms with Gasteiger partial charge in [0.05, 0.1) is 12.1 Å². The van der Waals surface area contributed by atoms with E-state index in [1.807, 2.05) is 0 Å². The van der Waals surface area contributed by atoms with Crippen molar-refractivity contribution in [2.24, 2.45) is 0 Å². The molecule has 6 heteroatoms. The minimum atomic E-state index is -1.04. The number of rotatable bonds is 4. The second kappa shape index (κ2) is 6.56. The zero-order chi connectivity index (χ0) is 14.5. The molecule has 1 rings (SSSR count). The van der Waals surface area contributed by atoms with Crippen LogP contribution in [0.5, 0.6) is 0 Å². The highest BCUT2D eigenvalue weighted by Gasteiger charge is 2.20. The average Bonchev–Trinajstić information content (AvgIpc) is 2.25. The van der Waals surface area contributed by atoms with Crippen molar-refractivity contribution in [3.8, 4) is 0 Å². The van der Waals surface area contributed by atoms with Gasteiger partial charge in [-0.3, -0.25) is 0 Å². The lowest BCUT2D eigenvalue weighted by Crippen LogP contribution is -2.35. The van der Waals surface area contributed by atoms with Crippen LogP contribution in [0.4, 0.5) is 4.79 Å². The predicted octanol–water partition coefficient (Wildman–Crippen LogP) is 1.70. The number of esters is 1. The van der Waals surface area contributed by atoms with Gasteiger partial charge in [0, 0.05) is 0 Å². The summed E-state index contributed by atoms with van der Waals surface area (Å²) in [6.07, 6.45) is 3.64. The minimum Gasteiger partial charge on any atom is -0.465 e. The predicted molar refractivity (Wildman–Crippen MR) is 68.9 cm³/mol. The molecule has 0 aliphatic heterocycles. The van der Waals surface area contributed by atoms with Gasteiger partial charge in [0.25, 0.3) is 0 Å². The Hall–Kier alpha value is -1.56. The van der Waals surface area contributed by atoms with Crippen LogP contribution in [0.25, 0.3) is 0 Å². The van der Waals surface area contributed by atoms with Crippen molar-refractivity contribution in [2.45, 2.75) is 51.4 Å². The average molecular weight is 271 g/mol. The minimum absolute atomic E-state index is 0.0939. The van der Waals surface area contributed by atoms with Crippen LogP contribution in [0.3, 0.4) is 0 Å². The molecule has 6 nitrogen and oxygen atoms in total. The highest BCUT2D eigenvalue weighted by Crippen LogP contribution is 2.15. The van der Waals surface area contributed by atoms with Crippen LogP contribution in [-0.2, 0) is 14.3 Å². The van der Waals surface area contributed by atoms with E-state index < -0.39 is 17.7 Å². The summed E-state index contributed by atoms with van der Waals surface area (Å²) in [5.74, 6) is -0.397. The van der Waals surface area contributed by atoms with Gasteiger partial charge in [0.1, 0.15) is 12.2 Å². The highest BCUT2D eigenvalue weighted by atomic mass is 16.6. The van der Waals surface area contributed by atoms with Crippen molar-refractivity contribution < 1.29 is 24.2 Å². The van der Waals surface area contributed by atoms with Crippen LogP contribution in [-0.4, -0.2) is 41.5 Å². The van der Waals surface area contributed by atoms with E-state index in [9.17, 15) is 9.59 Å². The summed E-state index contributed by atoms with van der Waals surface area (Å²) in [6, 6.07) is -0.182. The van der Waals surface area contributed by atoms with E-state index >= 15 is 0 Å². The van der Waals surface area contributed by atoms with Gasteiger partial charge in [-0.1, -0.05) is 12.2 Å². The van der Waals surface area contributed by atoms with Crippen molar-refractivity contribution in [1.29, 1.82) is 0 Å². The van der Waals surface area contributed by atoms with Gasteiger partial charge < -0.3 is 19.9 Å². The van der Waals surface area contributed by atoms with E-state index in [0.29, 0.717) is 12.8 Å². The van der Waals surface area contributed by atoms with Crippen molar-refractivity contribution in [1.82, 2.24) is 5.32 Å². The summed E-state index contributed by atoms with van der Waals surface area (Å²) >= 11 is 0. The van der Waals surface area contributed by atoms with Crippen LogP contribution in [0.15, 0.2) is 12.2 Å². The Labute approximate surface area is 112 Å². The van der Waals surface area contributed by atoms with Crippen molar-refractivity contribution in [3.05, 3.63) is 12.2 Å². The SMILES string of the molecule is CC(C)(C)OC(=O)COC1C=CC(NC(=O)O)CC1. The Kier molecular flexibility index (Phi) is 5.35. The number of carbonyl (C=O) groups is 2. The first kappa shape index (κ1) is 15.5. The molecule has 1 aliphatic carbocycles. The molecule has 2 N–H and O–H groups in total. The lowest BCUT2D eigenvalue weighted by molar-refractivity contribution is -0.161. The topological polar surface area (TPSA) is 84.9 Å². The molecule has 0 aromatic rings. The summed E-state index contributed by atoms with van der Waals surface area (Å²) in [6.45, 7) is 5.30. The Morgan fingerprint density at radius 3 is 2.47 bits per heavy atom. The Balaban J connectivity index is 2.29. The standard InChI is InChI=1S/C13H21NO5/c1-13(2,3)19-11(15)8-18-10-6-4-9(5-7-10)14-12(16)17/h4,6,9-10,14H,5,7-8H2,1-3H3,(H,16,17). The van der Waals surface area contributed by atoms with Gasteiger partial charge in [0.15, 0.2) is 0 Å². The first-order valence-corrected chi connectivity index (χ1v) is 6.27. The zero-order valence-corrected chi connectivity index (χ0v) is 11.5. The van der Waals surface area contributed by atoms with Crippen LogP contribution in [0, 0.1) is 0 Å². The van der Waals surface area contributed by atoms with Gasteiger partial charge in [0.2, 0.25) is 0 Å². The zero-order valence-electron chi connectivity index (χ0n) is 11.5. The maximum absolute atomic E-state index is 11.4. The third-order valence-corrected chi connectivity index (χ3v) is 2.46. The van der Waals surface area contributed by atoms with E-state index in [1.165, 1.54) is 0 Å². The highest BCUT2D eigenvalue weighted by molar-refractivity contribution is 5.71. The first-order valence-electron chi connectivity index (χ1n) is 6.27. The molecular weight excluding hydrogens is 250 g/mol. The molecule has 0 saturated heterocycles. The fourth-order valence-electron chi connectivity index (χ4n) is 1.76. The first-order chi connectivity index (χ1) is 8.76. The Bertz CT molecular complexity index is 359. The van der Waals surface area contributed by atoms with Crippen LogP contribution < -0.4 is 5.32 Å². The molecule has 2 unspecified atom stereocenters. The quantitative estimate of drug-likeness (QED) is 0.600. The lowest BCUT2D eigenvalue weighted by Gasteiger charge is -2.24. The molecular formula is C13H21NO5. The van der Waals surface area contributed by atoms with E-state index in [-0.39, 0.29) is 18.8 Å². The molecule has 2 atom stereocenters. The van der Waals surface area contributed by atoms with Crippen LogP contribution in [0.2, 0.25) is 0 Å². The summed E-state index contributed by atoms with van der Waals surface area (Å²) in [5, 5.41) is 11.0. The van der Waals surface area contributed by atoms with Crippen LogP contribution >= 0.6 is 0 Å². The smallest absolute Gasteiger partial charge is 0.405 e. The van der Waals surface area contributed by atoms with E-state index in [0.717, 1.165) is 0 Å². The van der Waals surface area contributed by atoms with Gasteiger partial charge >= 0.3 is 12.1 Å². The van der Waals surface area contributed by atoms with Crippen LogP contribution in [0.1, 0.15) is 33.6 Å². The third kappa shape index (κ3) is 6.81. The van der Waals surface area contributed by atoms with E-state index in [4.69, 9.17) is 14.6 Å². The molecule has 1 amide bonds. The van der Waals surface area contributed by atoms with Crippen molar-refractivity contribution >= 4 is 12.1 Å². The molecule has 108 valence electrons. The normalized spacial score (nSPS) is 22.9. The van der Waals surface area contributed by atoms with Gasteiger partial charge in [-0.2, -0.15) is 0 Å². The number of amides is 1. The number of carboxylic acid groups (broad SMARTS) is 1. The molecule has 0 saturated carbocycles. The summed E-state index contributed by atoms with van der Waals surface area (Å²) in [5.41, 5.74) is -0.515. The van der Waals surface area contributed by atoms with Gasteiger partial charge in [-0.05, 0) is 33.6 Å². The third-order valence-electron chi connectivity index (χ3n) is 2.46. The molecule has 0 fully saturated rings. The van der Waals surface area contributed by atoms with Gasteiger partial charge in [-0.15, -0.1) is 0 Å². The molecule has 0 radical (unpaired) electrons. The molecule has 1 aliphatic rings. The molecule has 0 spiro atoms. The monoisotopic (exact) mass is 271 g/mol. The number of hydrogen-bond donors (Lipinski definition) is 2. The summed E-state index contributed by atoms with van der Waals surface area (Å²) in [4.78, 5) is 21.9. The van der Waals surface area contributed by atoms with Crippen molar-refractivity contribution in [3.63, 3.8) is 0 Å². The van der Waals surface area contributed by atoms with E-state index in [1.54, 1.807) is 32.9 Å². The summed E-state index contributed by atoms with van der Waals surface area (Å²) in [7, 11) is 0. The fourth-order valence-corrected chi connectivity index (χ4v) is 1.76. The molecule has 0 bridgehead atoms. The van der Waals surface area contributed by atoms with Gasteiger partial charge in [-0.25, -0.2) is 9.59 Å². The lowest BCUT2D eigenvalue weighted by atomic mass is 10.0. The molecule has 0 aromatic carbocycles. The van der Waals surface area contributed by atoms with E-state index in [2.05, 4.69) is 5.32 Å².